The highest BCUT2D eigenvalue weighted by Crippen LogP contribution is 2.14. The van der Waals surface area contributed by atoms with Crippen LogP contribution in [0.15, 0.2) is 0 Å². The van der Waals surface area contributed by atoms with E-state index >= 15 is 0 Å². The molecule has 0 saturated carbocycles. The average Bonchev–Trinajstić information content (AvgIpc) is 1.85. The molecule has 0 aliphatic carbocycles. The molecule has 1 unspecified atom stereocenters. The summed E-state index contributed by atoms with van der Waals surface area (Å²) in [6, 6.07) is 0. The molecular weight excluding hydrogens is 177 g/mol. The molecule has 0 saturated heterocycles. The summed E-state index contributed by atoms with van der Waals surface area (Å²) in [6.45, 7) is 0.734. The van der Waals surface area contributed by atoms with Crippen molar-refractivity contribution < 1.29 is 17.9 Å². The van der Waals surface area contributed by atoms with Gasteiger partial charge in [0, 0.05) is 0 Å². The second-order valence-electron chi connectivity index (χ2n) is 2.42. The average molecular weight is 188 g/mol. The Bertz CT molecular complexity index is 104. The monoisotopic (exact) mass is 188 g/mol. The van der Waals surface area contributed by atoms with Crippen molar-refractivity contribution in [1.29, 1.82) is 0 Å². The molecule has 0 aromatic rings. The van der Waals surface area contributed by atoms with Crippen LogP contribution in [-0.2, 0) is 4.74 Å². The molecular formula is C6H11F3OS. The van der Waals surface area contributed by atoms with E-state index in [2.05, 4.69) is 17.4 Å². The predicted molar refractivity (Wildman–Crippen MR) is 39.9 cm³/mol. The highest BCUT2D eigenvalue weighted by molar-refractivity contribution is 7.80. The molecule has 0 bridgehead atoms. The van der Waals surface area contributed by atoms with Gasteiger partial charge in [0.2, 0.25) is 0 Å². The molecule has 1 atom stereocenters. The summed E-state index contributed by atoms with van der Waals surface area (Å²) in [7, 11) is 0. The largest absolute Gasteiger partial charge is 0.411 e. The van der Waals surface area contributed by atoms with Crippen molar-refractivity contribution >= 4 is 12.6 Å². The van der Waals surface area contributed by atoms with E-state index in [1.54, 1.807) is 6.92 Å². The lowest BCUT2D eigenvalue weighted by molar-refractivity contribution is -0.175. The fourth-order valence-corrected chi connectivity index (χ4v) is 0.534. The van der Waals surface area contributed by atoms with Gasteiger partial charge in [0.15, 0.2) is 0 Å². The van der Waals surface area contributed by atoms with Crippen LogP contribution in [0.5, 0.6) is 0 Å². The van der Waals surface area contributed by atoms with E-state index in [9.17, 15) is 13.2 Å². The zero-order valence-corrected chi connectivity index (χ0v) is 7.08. The number of halogens is 3. The summed E-state index contributed by atoms with van der Waals surface area (Å²) in [5.41, 5.74) is 0. The van der Waals surface area contributed by atoms with Crippen molar-refractivity contribution in [3.8, 4) is 0 Å². The van der Waals surface area contributed by atoms with E-state index in [1.165, 1.54) is 0 Å². The van der Waals surface area contributed by atoms with Crippen molar-refractivity contribution in [3.63, 3.8) is 0 Å². The standard InChI is InChI=1S/C6H11F3OS/c1-5(3-11)2-10-4-6(7,8)9/h5,11H,2-4H2,1H3. The van der Waals surface area contributed by atoms with E-state index in [0.29, 0.717) is 5.75 Å². The first-order valence-electron chi connectivity index (χ1n) is 3.21. The zero-order valence-electron chi connectivity index (χ0n) is 6.19. The molecule has 0 aromatic carbocycles. The molecule has 0 rings (SSSR count). The molecule has 0 fully saturated rings. The highest BCUT2D eigenvalue weighted by atomic mass is 32.1. The topological polar surface area (TPSA) is 9.23 Å². The van der Waals surface area contributed by atoms with E-state index in [0.717, 1.165) is 0 Å². The first kappa shape index (κ1) is 11.1. The normalized spacial score (nSPS) is 15.0. The van der Waals surface area contributed by atoms with Crippen molar-refractivity contribution in [2.24, 2.45) is 5.92 Å². The van der Waals surface area contributed by atoms with Gasteiger partial charge in [-0.25, -0.2) is 0 Å². The van der Waals surface area contributed by atoms with Crippen LogP contribution in [0, 0.1) is 5.92 Å². The number of hydrogen-bond acceptors (Lipinski definition) is 2. The molecule has 0 N–H and O–H groups in total. The zero-order chi connectivity index (χ0) is 8.91. The molecule has 1 nitrogen and oxygen atoms in total. The van der Waals surface area contributed by atoms with Gasteiger partial charge in [-0.2, -0.15) is 25.8 Å². The van der Waals surface area contributed by atoms with Crippen LogP contribution in [0.4, 0.5) is 13.2 Å². The van der Waals surface area contributed by atoms with Crippen LogP contribution in [-0.4, -0.2) is 25.1 Å². The maximum absolute atomic E-state index is 11.5. The molecule has 11 heavy (non-hydrogen) atoms. The van der Waals surface area contributed by atoms with Gasteiger partial charge in [-0.3, -0.25) is 0 Å². The Labute approximate surface area is 69.3 Å². The Morgan fingerprint density at radius 2 is 2.00 bits per heavy atom. The molecule has 0 aromatic heterocycles. The van der Waals surface area contributed by atoms with Gasteiger partial charge < -0.3 is 4.74 Å². The summed E-state index contributed by atoms with van der Waals surface area (Å²) in [5.74, 6) is 0.610. The second-order valence-corrected chi connectivity index (χ2v) is 2.78. The van der Waals surface area contributed by atoms with E-state index in [-0.39, 0.29) is 12.5 Å². The number of alkyl halides is 3. The lowest BCUT2D eigenvalue weighted by Crippen LogP contribution is -2.19. The summed E-state index contributed by atoms with van der Waals surface area (Å²) in [5, 5.41) is 0. The van der Waals surface area contributed by atoms with Crippen molar-refractivity contribution in [3.05, 3.63) is 0 Å². The van der Waals surface area contributed by atoms with E-state index < -0.39 is 12.8 Å². The van der Waals surface area contributed by atoms with Crippen LogP contribution in [0.1, 0.15) is 6.92 Å². The van der Waals surface area contributed by atoms with E-state index in [1.807, 2.05) is 0 Å². The van der Waals surface area contributed by atoms with Crippen LogP contribution >= 0.6 is 12.6 Å². The molecule has 0 aliphatic rings. The van der Waals surface area contributed by atoms with E-state index in [4.69, 9.17) is 0 Å². The lowest BCUT2D eigenvalue weighted by Gasteiger charge is -2.10. The molecule has 0 radical (unpaired) electrons. The first-order valence-corrected chi connectivity index (χ1v) is 3.84. The third-order valence-corrected chi connectivity index (χ3v) is 1.60. The Hall–Kier alpha value is 0.100. The van der Waals surface area contributed by atoms with Gasteiger partial charge in [-0.1, -0.05) is 6.92 Å². The maximum atomic E-state index is 11.5. The number of thiol groups is 1. The van der Waals surface area contributed by atoms with Crippen molar-refractivity contribution in [2.75, 3.05) is 19.0 Å². The minimum absolute atomic E-state index is 0.0701. The van der Waals surface area contributed by atoms with Gasteiger partial charge in [0.25, 0.3) is 0 Å². The number of rotatable bonds is 4. The molecule has 0 spiro atoms. The molecule has 68 valence electrons. The van der Waals surface area contributed by atoms with Gasteiger partial charge in [0.05, 0.1) is 6.61 Å². The quantitative estimate of drug-likeness (QED) is 0.665. The smallest absolute Gasteiger partial charge is 0.372 e. The molecule has 0 amide bonds. The predicted octanol–water partition coefficient (Wildman–Crippen LogP) is 2.13. The fourth-order valence-electron chi connectivity index (χ4n) is 0.429. The highest BCUT2D eigenvalue weighted by Gasteiger charge is 2.27. The van der Waals surface area contributed by atoms with Gasteiger partial charge in [-0.15, -0.1) is 0 Å². The lowest BCUT2D eigenvalue weighted by atomic mass is 10.2. The minimum Gasteiger partial charge on any atom is -0.372 e. The number of hydrogen-bond donors (Lipinski definition) is 1. The summed E-state index contributed by atoms with van der Waals surface area (Å²) >= 11 is 3.90. The third kappa shape index (κ3) is 8.00. The first-order chi connectivity index (χ1) is 4.95. The van der Waals surface area contributed by atoms with Crippen LogP contribution in [0.25, 0.3) is 0 Å². The summed E-state index contributed by atoms with van der Waals surface area (Å²) < 4.78 is 38.8. The molecule has 5 heteroatoms. The van der Waals surface area contributed by atoms with Gasteiger partial charge in [0.1, 0.15) is 6.61 Å². The minimum atomic E-state index is -4.21. The SMILES string of the molecule is CC(CS)COCC(F)(F)F. The Morgan fingerprint density at radius 1 is 1.45 bits per heavy atom. The number of ether oxygens (including phenoxy) is 1. The van der Waals surface area contributed by atoms with Crippen molar-refractivity contribution in [2.45, 2.75) is 13.1 Å². The molecule has 0 heterocycles. The molecule has 0 aliphatic heterocycles. The van der Waals surface area contributed by atoms with Gasteiger partial charge >= 0.3 is 6.18 Å². The fraction of sp³-hybridized carbons (Fsp3) is 1.00. The maximum Gasteiger partial charge on any atom is 0.411 e. The third-order valence-electron chi connectivity index (χ3n) is 0.980. The van der Waals surface area contributed by atoms with Crippen LogP contribution < -0.4 is 0 Å². The Balaban J connectivity index is 3.28. The summed E-state index contributed by atoms with van der Waals surface area (Å²) in [6.07, 6.45) is -4.21. The van der Waals surface area contributed by atoms with Crippen molar-refractivity contribution in [1.82, 2.24) is 0 Å². The van der Waals surface area contributed by atoms with Crippen LogP contribution in [0.3, 0.4) is 0 Å². The summed E-state index contributed by atoms with van der Waals surface area (Å²) in [4.78, 5) is 0. The van der Waals surface area contributed by atoms with Crippen LogP contribution in [0.2, 0.25) is 0 Å². The second kappa shape index (κ2) is 4.87. The Morgan fingerprint density at radius 3 is 2.36 bits per heavy atom. The Kier molecular flexibility index (Phi) is 4.92. The van der Waals surface area contributed by atoms with Gasteiger partial charge in [-0.05, 0) is 11.7 Å².